The maximum Gasteiger partial charge on any atom is 0.419 e. The highest BCUT2D eigenvalue weighted by atomic mass is 35.5. The fourth-order valence-electron chi connectivity index (χ4n) is 4.74. The van der Waals surface area contributed by atoms with Crippen molar-refractivity contribution in [2.24, 2.45) is 0 Å². The lowest BCUT2D eigenvalue weighted by Gasteiger charge is -2.37. The topological polar surface area (TPSA) is 78.2 Å². The summed E-state index contributed by atoms with van der Waals surface area (Å²) in [5.74, 6) is -0.868. The number of halogens is 4. The largest absolute Gasteiger partial charge is 0.419 e. The summed E-state index contributed by atoms with van der Waals surface area (Å²) in [6, 6.07) is 1.03. The highest BCUT2D eigenvalue weighted by molar-refractivity contribution is 6.33. The van der Waals surface area contributed by atoms with Gasteiger partial charge in [-0.1, -0.05) is 11.6 Å². The Morgan fingerprint density at radius 2 is 1.94 bits per heavy atom. The summed E-state index contributed by atoms with van der Waals surface area (Å²) in [6.07, 6.45) is -0.0658. The second kappa shape index (κ2) is 7.62. The summed E-state index contributed by atoms with van der Waals surface area (Å²) in [5.41, 5.74) is -1.11. The summed E-state index contributed by atoms with van der Waals surface area (Å²) >= 11 is 6.34. The number of aromatic nitrogens is 2. The van der Waals surface area contributed by atoms with Gasteiger partial charge in [0.25, 0.3) is 5.91 Å². The second-order valence-electron chi connectivity index (χ2n) is 8.84. The van der Waals surface area contributed by atoms with Crippen molar-refractivity contribution < 1.29 is 27.9 Å². The maximum absolute atomic E-state index is 13.7. The molecule has 0 radical (unpaired) electrons. The molecule has 32 heavy (non-hydrogen) atoms. The van der Waals surface area contributed by atoms with Gasteiger partial charge in [0.1, 0.15) is 11.7 Å². The van der Waals surface area contributed by atoms with E-state index in [0.29, 0.717) is 31.4 Å². The van der Waals surface area contributed by atoms with Gasteiger partial charge >= 0.3 is 6.18 Å². The molecule has 3 fully saturated rings. The zero-order chi connectivity index (χ0) is 22.8. The highest BCUT2D eigenvalue weighted by Gasteiger charge is 2.39. The van der Waals surface area contributed by atoms with Gasteiger partial charge < -0.3 is 14.9 Å². The SMILES string of the molecule is O=C(c1nc2c(C(F)(F)F)cc(C3CC3)cn2c1Cl)N1CCN([C@@H]2CC[C@@H](O)C2)C(=O)C1. The van der Waals surface area contributed by atoms with Gasteiger partial charge in [-0.3, -0.25) is 14.0 Å². The number of carbonyl (C=O) groups is 2. The number of fused-ring (bicyclic) bond motifs is 1. The maximum atomic E-state index is 13.7. The predicted molar refractivity (Wildman–Crippen MR) is 108 cm³/mol. The number of hydrogen-bond acceptors (Lipinski definition) is 4. The Hall–Kier alpha value is -2.33. The van der Waals surface area contributed by atoms with Gasteiger partial charge in [-0.05, 0) is 49.7 Å². The van der Waals surface area contributed by atoms with E-state index in [-0.39, 0.29) is 41.8 Å². The molecule has 2 aromatic heterocycles. The summed E-state index contributed by atoms with van der Waals surface area (Å²) in [7, 11) is 0. The van der Waals surface area contributed by atoms with Gasteiger partial charge in [0.05, 0.1) is 11.7 Å². The molecule has 0 bridgehead atoms. The molecule has 7 nitrogen and oxygen atoms in total. The molecule has 2 amide bonds. The van der Waals surface area contributed by atoms with E-state index in [9.17, 15) is 27.9 Å². The Kier molecular flexibility index (Phi) is 5.12. The summed E-state index contributed by atoms with van der Waals surface area (Å²) in [6.45, 7) is 0.322. The van der Waals surface area contributed by atoms with Crippen molar-refractivity contribution in [3.05, 3.63) is 34.2 Å². The van der Waals surface area contributed by atoms with Crippen LogP contribution in [0.3, 0.4) is 0 Å². The Bertz CT molecular complexity index is 1100. The normalized spacial score (nSPS) is 24.6. The third-order valence-corrected chi connectivity index (χ3v) is 6.96. The van der Waals surface area contributed by atoms with Crippen LogP contribution in [0.2, 0.25) is 5.15 Å². The van der Waals surface area contributed by atoms with Gasteiger partial charge in [0.15, 0.2) is 11.3 Å². The molecule has 5 rings (SSSR count). The molecule has 11 heteroatoms. The van der Waals surface area contributed by atoms with Crippen molar-refractivity contribution in [2.45, 2.75) is 56.3 Å². The molecule has 3 aliphatic rings. The number of rotatable bonds is 3. The fourth-order valence-corrected chi connectivity index (χ4v) is 4.99. The fraction of sp³-hybridized carbons (Fsp3) is 0.571. The van der Waals surface area contributed by atoms with Crippen LogP contribution in [0.25, 0.3) is 5.65 Å². The van der Waals surface area contributed by atoms with Crippen LogP contribution in [0.1, 0.15) is 59.6 Å². The summed E-state index contributed by atoms with van der Waals surface area (Å²) < 4.78 is 42.2. The summed E-state index contributed by atoms with van der Waals surface area (Å²) in [5, 5.41) is 9.55. The zero-order valence-electron chi connectivity index (χ0n) is 17.1. The molecule has 2 aromatic rings. The Balaban J connectivity index is 1.43. The van der Waals surface area contributed by atoms with Crippen LogP contribution in [0.4, 0.5) is 13.2 Å². The van der Waals surface area contributed by atoms with Gasteiger partial charge in [0.2, 0.25) is 5.91 Å². The number of aliphatic hydroxyl groups excluding tert-OH is 1. The number of piperazine rings is 1. The van der Waals surface area contributed by atoms with E-state index in [2.05, 4.69) is 4.98 Å². The van der Waals surface area contributed by atoms with Crippen LogP contribution in [-0.2, 0) is 11.0 Å². The average molecular weight is 471 g/mol. The third kappa shape index (κ3) is 3.73. The second-order valence-corrected chi connectivity index (χ2v) is 9.20. The van der Waals surface area contributed by atoms with Crippen LogP contribution in [-0.4, -0.2) is 67.9 Å². The summed E-state index contributed by atoms with van der Waals surface area (Å²) in [4.78, 5) is 32.6. The van der Waals surface area contributed by atoms with Crippen LogP contribution < -0.4 is 0 Å². The molecule has 1 saturated heterocycles. The molecule has 2 saturated carbocycles. The minimum Gasteiger partial charge on any atom is -0.393 e. The van der Waals surface area contributed by atoms with E-state index < -0.39 is 29.4 Å². The first-order valence-electron chi connectivity index (χ1n) is 10.7. The first-order chi connectivity index (χ1) is 15.1. The van der Waals surface area contributed by atoms with Crippen molar-refractivity contribution in [3.8, 4) is 0 Å². The van der Waals surface area contributed by atoms with Crippen LogP contribution in [0, 0.1) is 0 Å². The van der Waals surface area contributed by atoms with Crippen LogP contribution in [0.5, 0.6) is 0 Å². The molecule has 172 valence electrons. The third-order valence-electron chi connectivity index (χ3n) is 6.60. The number of pyridine rings is 1. The molecule has 2 aliphatic carbocycles. The molecular weight excluding hydrogens is 449 g/mol. The van der Waals surface area contributed by atoms with E-state index in [4.69, 9.17) is 11.6 Å². The average Bonchev–Trinajstić information content (AvgIpc) is 3.42. The van der Waals surface area contributed by atoms with Gasteiger partial charge in [-0.15, -0.1) is 0 Å². The highest BCUT2D eigenvalue weighted by Crippen LogP contribution is 2.43. The molecule has 0 aromatic carbocycles. The first kappa shape index (κ1) is 21.5. The van der Waals surface area contributed by atoms with Gasteiger partial charge in [0, 0.05) is 25.3 Å². The molecule has 1 N–H and O–H groups in total. The van der Waals surface area contributed by atoms with E-state index in [0.717, 1.165) is 23.3 Å². The zero-order valence-corrected chi connectivity index (χ0v) is 17.9. The predicted octanol–water partition coefficient (Wildman–Crippen LogP) is 3.08. The lowest BCUT2D eigenvalue weighted by Crippen LogP contribution is -2.55. The van der Waals surface area contributed by atoms with Crippen LogP contribution >= 0.6 is 11.6 Å². The molecule has 2 atom stereocenters. The molecular formula is C21H22ClF3N4O3. The van der Waals surface area contributed by atoms with Crippen molar-refractivity contribution in [2.75, 3.05) is 19.6 Å². The molecule has 0 spiro atoms. The Morgan fingerprint density at radius 1 is 1.19 bits per heavy atom. The number of alkyl halides is 3. The lowest BCUT2D eigenvalue weighted by molar-refractivity contribution is -0.138. The number of carbonyl (C=O) groups excluding carboxylic acids is 2. The number of hydrogen-bond donors (Lipinski definition) is 1. The minimum absolute atomic E-state index is 0.0521. The van der Waals surface area contributed by atoms with Crippen molar-refractivity contribution in [1.29, 1.82) is 0 Å². The van der Waals surface area contributed by atoms with Gasteiger partial charge in [-0.25, -0.2) is 4.98 Å². The number of nitrogens with zero attached hydrogens (tertiary/aromatic N) is 4. The lowest BCUT2D eigenvalue weighted by atomic mass is 10.1. The Morgan fingerprint density at radius 3 is 2.53 bits per heavy atom. The molecule has 1 aliphatic heterocycles. The standard InChI is InChI=1S/C21H22ClF3N4O3/c22-18-17(20(32)27-5-6-28(16(31)10-27)13-3-4-14(30)8-13)26-19-15(21(23,24)25)7-12(9-29(18)19)11-1-2-11/h7,9,11,13-14,30H,1-6,8,10H2/t13-,14-/m1/s1. The van der Waals surface area contributed by atoms with Crippen LogP contribution in [0.15, 0.2) is 12.3 Å². The van der Waals surface area contributed by atoms with E-state index in [1.807, 2.05) is 0 Å². The number of imidazole rings is 1. The molecule has 3 heterocycles. The smallest absolute Gasteiger partial charge is 0.393 e. The van der Waals surface area contributed by atoms with Crippen molar-refractivity contribution >= 4 is 29.1 Å². The van der Waals surface area contributed by atoms with Crippen molar-refractivity contribution in [1.82, 2.24) is 19.2 Å². The first-order valence-corrected chi connectivity index (χ1v) is 11.1. The number of aliphatic hydroxyl groups is 1. The minimum atomic E-state index is -4.64. The van der Waals surface area contributed by atoms with Crippen molar-refractivity contribution in [3.63, 3.8) is 0 Å². The van der Waals surface area contributed by atoms with E-state index >= 15 is 0 Å². The monoisotopic (exact) mass is 470 g/mol. The van der Waals surface area contributed by atoms with E-state index in [1.54, 1.807) is 4.90 Å². The quantitative estimate of drug-likeness (QED) is 0.748. The molecule has 0 unspecified atom stereocenters. The number of amides is 2. The van der Waals surface area contributed by atoms with Gasteiger partial charge in [-0.2, -0.15) is 13.2 Å². The Labute approximate surface area is 186 Å². The van der Waals surface area contributed by atoms with E-state index in [1.165, 1.54) is 11.1 Å².